The van der Waals surface area contributed by atoms with Crippen LogP contribution in [0.3, 0.4) is 0 Å². The molecule has 11 heteroatoms. The number of hydrogen-bond acceptors (Lipinski definition) is 6. The van der Waals surface area contributed by atoms with Crippen LogP contribution in [0.4, 0.5) is 14.5 Å². The van der Waals surface area contributed by atoms with Gasteiger partial charge in [0.25, 0.3) is 11.8 Å². The van der Waals surface area contributed by atoms with Crippen molar-refractivity contribution >= 4 is 23.4 Å². The molecular weight excluding hydrogens is 522 g/mol. The average molecular weight is 553 g/mol. The second-order valence-corrected chi connectivity index (χ2v) is 8.46. The quantitative estimate of drug-likeness (QED) is 0.137. The Bertz CT molecular complexity index is 1380. The van der Waals surface area contributed by atoms with E-state index in [2.05, 4.69) is 27.8 Å². The van der Waals surface area contributed by atoms with E-state index in [4.69, 9.17) is 5.21 Å². The molecule has 0 heterocycles. The summed E-state index contributed by atoms with van der Waals surface area (Å²) in [6.45, 7) is 1.31. The van der Waals surface area contributed by atoms with Crippen LogP contribution in [0.2, 0.25) is 0 Å². The van der Waals surface area contributed by atoms with Gasteiger partial charge in [0.05, 0.1) is 12.6 Å². The van der Waals surface area contributed by atoms with E-state index in [0.29, 0.717) is 16.8 Å². The minimum absolute atomic E-state index is 0. The number of amides is 3. The lowest BCUT2D eigenvalue weighted by Gasteiger charge is -2.19. The van der Waals surface area contributed by atoms with Crippen LogP contribution in [0.15, 0.2) is 66.7 Å². The molecule has 0 aromatic heterocycles. The zero-order valence-corrected chi connectivity index (χ0v) is 20.8. The second kappa shape index (κ2) is 15.1. The van der Waals surface area contributed by atoms with Gasteiger partial charge in [-0.1, -0.05) is 25.3 Å². The Kier molecular flexibility index (Phi) is 11.9. The summed E-state index contributed by atoms with van der Waals surface area (Å²) in [4.78, 5) is 36.1. The summed E-state index contributed by atoms with van der Waals surface area (Å²) < 4.78 is 26.6. The predicted molar refractivity (Wildman–Crippen MR) is 145 cm³/mol. The molecule has 0 bridgehead atoms. The summed E-state index contributed by atoms with van der Waals surface area (Å²) >= 11 is 0. The summed E-state index contributed by atoms with van der Waals surface area (Å²) in [6.07, 6.45) is -1.22. The van der Waals surface area contributed by atoms with E-state index in [0.717, 1.165) is 12.1 Å². The molecule has 40 heavy (non-hydrogen) atoms. The Balaban J connectivity index is 0.00000560. The van der Waals surface area contributed by atoms with Crippen LogP contribution >= 0.6 is 0 Å². The van der Waals surface area contributed by atoms with Gasteiger partial charge in [-0.2, -0.15) is 0 Å². The number of hydrogen-bond donors (Lipinski definition) is 6. The number of aliphatic hydroxyl groups is 1. The van der Waals surface area contributed by atoms with Crippen LogP contribution < -0.4 is 21.4 Å². The van der Waals surface area contributed by atoms with Gasteiger partial charge in [0, 0.05) is 40.6 Å². The molecule has 0 unspecified atom stereocenters. The number of nitrogens with one attached hydrogen (secondary N) is 4. The molecule has 0 aliphatic carbocycles. The third kappa shape index (κ3) is 9.28. The molecule has 0 spiro atoms. The Labute approximate surface area is 230 Å². The lowest BCUT2D eigenvalue weighted by Crippen LogP contribution is -2.51. The Morgan fingerprint density at radius 1 is 0.925 bits per heavy atom. The lowest BCUT2D eigenvalue weighted by atomic mass is 10.1. The van der Waals surface area contributed by atoms with Crippen molar-refractivity contribution in [3.05, 3.63) is 101 Å². The third-order valence-electron chi connectivity index (χ3n) is 5.44. The van der Waals surface area contributed by atoms with Crippen molar-refractivity contribution in [2.24, 2.45) is 0 Å². The van der Waals surface area contributed by atoms with Crippen LogP contribution in [0.5, 0.6) is 0 Å². The SMILES string of the molecule is C.C[C@@H](O)[C@H](NC(=O)c1ccc(C#Cc2ccc(NC(=O)CNCc3ccc(F)cc3F)cc2)cc1)C(=O)NO. The van der Waals surface area contributed by atoms with E-state index in [9.17, 15) is 28.3 Å². The monoisotopic (exact) mass is 552 g/mol. The lowest BCUT2D eigenvalue weighted by molar-refractivity contribution is -0.133. The normalized spacial score (nSPS) is 11.6. The molecule has 3 aromatic rings. The largest absolute Gasteiger partial charge is 0.391 e. The molecule has 0 aliphatic heterocycles. The zero-order valence-electron chi connectivity index (χ0n) is 20.8. The highest BCUT2D eigenvalue weighted by atomic mass is 19.1. The predicted octanol–water partition coefficient (Wildman–Crippen LogP) is 2.71. The molecule has 0 aliphatic rings. The number of halogens is 2. The van der Waals surface area contributed by atoms with Crippen molar-refractivity contribution in [1.29, 1.82) is 0 Å². The highest BCUT2D eigenvalue weighted by Gasteiger charge is 2.25. The van der Waals surface area contributed by atoms with Gasteiger partial charge in [-0.05, 0) is 61.5 Å². The summed E-state index contributed by atoms with van der Waals surface area (Å²) in [5.74, 6) is 2.68. The van der Waals surface area contributed by atoms with Gasteiger partial charge >= 0.3 is 0 Å². The van der Waals surface area contributed by atoms with Gasteiger partial charge in [0.1, 0.15) is 17.7 Å². The first-order chi connectivity index (χ1) is 18.7. The molecule has 0 saturated heterocycles. The van der Waals surface area contributed by atoms with Crippen LogP contribution in [0, 0.1) is 23.5 Å². The third-order valence-corrected chi connectivity index (χ3v) is 5.44. The highest BCUT2D eigenvalue weighted by molar-refractivity contribution is 5.97. The van der Waals surface area contributed by atoms with Crippen LogP contribution in [-0.4, -0.2) is 46.7 Å². The average Bonchev–Trinajstić information content (AvgIpc) is 2.92. The van der Waals surface area contributed by atoms with E-state index in [1.807, 2.05) is 0 Å². The second-order valence-electron chi connectivity index (χ2n) is 8.46. The smallest absolute Gasteiger partial charge is 0.268 e. The zero-order chi connectivity index (χ0) is 28.4. The summed E-state index contributed by atoms with van der Waals surface area (Å²) in [5, 5.41) is 26.2. The maximum Gasteiger partial charge on any atom is 0.268 e. The van der Waals surface area contributed by atoms with Gasteiger partial charge in [-0.25, -0.2) is 14.3 Å². The number of carbonyl (C=O) groups excluding carboxylic acids is 3. The maximum atomic E-state index is 13.6. The highest BCUT2D eigenvalue weighted by Crippen LogP contribution is 2.11. The van der Waals surface area contributed by atoms with Gasteiger partial charge in [-0.15, -0.1) is 0 Å². The van der Waals surface area contributed by atoms with Crippen LogP contribution in [0.25, 0.3) is 0 Å². The van der Waals surface area contributed by atoms with Crippen molar-refractivity contribution in [3.8, 4) is 11.8 Å². The first-order valence-corrected chi connectivity index (χ1v) is 11.8. The van der Waals surface area contributed by atoms with Gasteiger partial charge in [-0.3, -0.25) is 19.6 Å². The van der Waals surface area contributed by atoms with Crippen LogP contribution in [-0.2, 0) is 16.1 Å². The molecule has 3 rings (SSSR count). The molecule has 6 N–H and O–H groups in total. The molecule has 3 amide bonds. The Morgan fingerprint density at radius 2 is 1.52 bits per heavy atom. The van der Waals surface area contributed by atoms with Crippen molar-refractivity contribution in [1.82, 2.24) is 16.1 Å². The minimum atomic E-state index is -1.32. The first-order valence-electron chi connectivity index (χ1n) is 11.8. The molecule has 0 radical (unpaired) electrons. The Hall–Kier alpha value is -4.63. The molecule has 0 saturated carbocycles. The minimum Gasteiger partial charge on any atom is -0.391 e. The number of rotatable bonds is 9. The molecule has 2 atom stereocenters. The Morgan fingerprint density at radius 3 is 2.08 bits per heavy atom. The maximum absolute atomic E-state index is 13.6. The summed E-state index contributed by atoms with van der Waals surface area (Å²) in [7, 11) is 0. The molecule has 210 valence electrons. The molecule has 3 aromatic carbocycles. The number of carbonyl (C=O) groups is 3. The number of benzene rings is 3. The fourth-order valence-electron chi connectivity index (χ4n) is 3.37. The number of aliphatic hydroxyl groups excluding tert-OH is 1. The van der Waals surface area contributed by atoms with Gasteiger partial charge in [0.15, 0.2) is 0 Å². The standard InChI is InChI=1S/C28H26F2N4O5.CH4/c1-17(35)26(28(38)34-39)33-27(37)20-8-4-18(5-9-20)2-3-19-6-12-23(13-7-19)32-25(36)16-31-15-21-10-11-22(29)14-24(21)30;/h4-14,17,26,31,35,39H,15-16H2,1H3,(H,32,36)(H,33,37)(H,34,38);1H4/t17-,26+;/m1./s1. The first kappa shape index (κ1) is 31.6. The van der Waals surface area contributed by atoms with E-state index in [1.54, 1.807) is 36.4 Å². The topological polar surface area (TPSA) is 140 Å². The van der Waals surface area contributed by atoms with Gasteiger partial charge in [0.2, 0.25) is 5.91 Å². The summed E-state index contributed by atoms with van der Waals surface area (Å²) in [6, 6.07) is 15.0. The number of anilines is 1. The summed E-state index contributed by atoms with van der Waals surface area (Å²) in [5.41, 5.74) is 3.72. The van der Waals surface area contributed by atoms with Gasteiger partial charge < -0.3 is 21.1 Å². The van der Waals surface area contributed by atoms with Crippen molar-refractivity contribution in [2.75, 3.05) is 11.9 Å². The fraction of sp³-hybridized carbons (Fsp3) is 0.207. The van der Waals surface area contributed by atoms with E-state index >= 15 is 0 Å². The van der Waals surface area contributed by atoms with Crippen molar-refractivity contribution in [2.45, 2.75) is 33.0 Å². The van der Waals surface area contributed by atoms with Crippen molar-refractivity contribution < 1.29 is 33.5 Å². The fourth-order valence-corrected chi connectivity index (χ4v) is 3.37. The van der Waals surface area contributed by atoms with E-state index < -0.39 is 35.6 Å². The van der Waals surface area contributed by atoms with Crippen molar-refractivity contribution in [3.63, 3.8) is 0 Å². The number of hydroxylamine groups is 1. The molecule has 0 fully saturated rings. The van der Waals surface area contributed by atoms with Crippen LogP contribution in [0.1, 0.15) is 41.4 Å². The van der Waals surface area contributed by atoms with E-state index in [1.165, 1.54) is 30.6 Å². The van der Waals surface area contributed by atoms with E-state index in [-0.39, 0.29) is 37.6 Å². The molecule has 9 nitrogen and oxygen atoms in total. The molecular formula is C29H30F2N4O5.